The van der Waals surface area contributed by atoms with Gasteiger partial charge in [0.1, 0.15) is 11.4 Å². The van der Waals surface area contributed by atoms with Crippen molar-refractivity contribution in [1.29, 1.82) is 0 Å². The number of anilines is 1. The average Bonchev–Trinajstić information content (AvgIpc) is 3.17. The number of benzene rings is 2. The van der Waals surface area contributed by atoms with Crippen LogP contribution < -0.4 is 19.8 Å². The molecule has 0 aliphatic carbocycles. The van der Waals surface area contributed by atoms with Gasteiger partial charge in [-0.1, -0.05) is 37.6 Å². The van der Waals surface area contributed by atoms with Gasteiger partial charge in [0.25, 0.3) is 5.91 Å². The number of amides is 1. The van der Waals surface area contributed by atoms with Crippen molar-refractivity contribution in [2.45, 2.75) is 33.2 Å². The number of rotatable bonds is 7. The lowest BCUT2D eigenvalue weighted by atomic mass is 9.98. The lowest BCUT2D eigenvalue weighted by molar-refractivity contribution is 0.0970. The Morgan fingerprint density at radius 3 is 2.59 bits per heavy atom. The summed E-state index contributed by atoms with van der Waals surface area (Å²) in [6, 6.07) is 13.1. The highest BCUT2D eigenvalue weighted by molar-refractivity contribution is 6.31. The summed E-state index contributed by atoms with van der Waals surface area (Å²) < 4.78 is 17.6. The van der Waals surface area contributed by atoms with Gasteiger partial charge in [0.2, 0.25) is 5.76 Å². The molecule has 0 saturated carbocycles. The minimum absolute atomic E-state index is 0.0107. The van der Waals surface area contributed by atoms with Crippen molar-refractivity contribution in [3.8, 4) is 11.5 Å². The highest BCUT2D eigenvalue weighted by Gasteiger charge is 2.44. The molecule has 8 heteroatoms. The molecule has 3 heterocycles. The molecule has 0 bridgehead atoms. The number of hydrogen-bond donors (Lipinski definition) is 0. The number of hydrogen-bond acceptors (Lipinski definition) is 6. The minimum atomic E-state index is -0.782. The summed E-state index contributed by atoms with van der Waals surface area (Å²) in [6.45, 7) is 6.73. The van der Waals surface area contributed by atoms with Crippen molar-refractivity contribution in [3.05, 3.63) is 92.4 Å². The Balaban J connectivity index is 1.68. The van der Waals surface area contributed by atoms with Gasteiger partial charge in [-0.3, -0.25) is 14.5 Å². The largest absolute Gasteiger partial charge is 0.493 e. The number of halogens is 1. The molecule has 0 saturated heterocycles. The number of carbonyl (C=O) groups excluding carboxylic acids is 1. The number of ether oxygens (including phenoxy) is 2. The molecule has 190 valence electrons. The van der Waals surface area contributed by atoms with Gasteiger partial charge in [-0.15, -0.1) is 0 Å². The zero-order chi connectivity index (χ0) is 26.3. The molecule has 1 amide bonds. The van der Waals surface area contributed by atoms with E-state index in [1.807, 2.05) is 19.1 Å². The molecule has 37 heavy (non-hydrogen) atoms. The SMILES string of the molecule is COc1cc(C2c3c(oc4ccc(Cl)cc4c3=O)C(=O)N2c2ccc(C)cn2)ccc1OCCC(C)C. The minimum Gasteiger partial charge on any atom is -0.493 e. The zero-order valence-corrected chi connectivity index (χ0v) is 21.8. The Kier molecular flexibility index (Phi) is 6.65. The van der Waals surface area contributed by atoms with E-state index in [2.05, 4.69) is 18.8 Å². The standard InChI is InChI=1S/C29H27ClN2O5/c1-16(2)11-12-36-22-8-6-18(13-23(22)35-4)26-25-27(33)20-14-19(30)7-9-21(20)37-28(25)29(34)32(26)24-10-5-17(3)15-31-24/h5-10,13-16,26H,11-12H2,1-4H3. The molecule has 1 aliphatic heterocycles. The van der Waals surface area contributed by atoms with E-state index in [-0.39, 0.29) is 16.8 Å². The first kappa shape index (κ1) is 24.8. The van der Waals surface area contributed by atoms with Crippen LogP contribution in [0.3, 0.4) is 0 Å². The van der Waals surface area contributed by atoms with Crippen LogP contribution in [0.1, 0.15) is 53.6 Å². The lowest BCUT2D eigenvalue weighted by Crippen LogP contribution is -2.30. The predicted molar refractivity (Wildman–Crippen MR) is 143 cm³/mol. The number of pyridine rings is 1. The number of fused-ring (bicyclic) bond motifs is 2. The molecular weight excluding hydrogens is 492 g/mol. The van der Waals surface area contributed by atoms with E-state index in [9.17, 15) is 9.59 Å². The fraction of sp³-hybridized carbons (Fsp3) is 0.276. The van der Waals surface area contributed by atoms with Crippen molar-refractivity contribution in [1.82, 2.24) is 4.98 Å². The van der Waals surface area contributed by atoms with Gasteiger partial charge in [0.15, 0.2) is 16.9 Å². The van der Waals surface area contributed by atoms with Gasteiger partial charge < -0.3 is 13.9 Å². The molecule has 4 aromatic rings. The first-order valence-corrected chi connectivity index (χ1v) is 12.5. The van der Waals surface area contributed by atoms with Crippen LogP contribution in [0.25, 0.3) is 11.0 Å². The number of nitrogens with zero attached hydrogens (tertiary/aromatic N) is 2. The number of aryl methyl sites for hydroxylation is 1. The van der Waals surface area contributed by atoms with Crippen LogP contribution in [0, 0.1) is 12.8 Å². The summed E-state index contributed by atoms with van der Waals surface area (Å²) in [4.78, 5) is 33.5. The van der Waals surface area contributed by atoms with E-state index in [0.29, 0.717) is 51.4 Å². The fourth-order valence-electron chi connectivity index (χ4n) is 4.48. The second-order valence-corrected chi connectivity index (χ2v) is 9.96. The summed E-state index contributed by atoms with van der Waals surface area (Å²) in [5.74, 6) is 1.56. The zero-order valence-electron chi connectivity index (χ0n) is 21.1. The van der Waals surface area contributed by atoms with Gasteiger partial charge in [-0.25, -0.2) is 4.98 Å². The molecular formula is C29H27ClN2O5. The Bertz CT molecular complexity index is 1540. The Labute approximate surface area is 219 Å². The third kappa shape index (κ3) is 4.55. The van der Waals surface area contributed by atoms with Crippen LogP contribution in [-0.4, -0.2) is 24.6 Å². The van der Waals surface area contributed by atoms with E-state index in [0.717, 1.165) is 12.0 Å². The maximum atomic E-state index is 13.8. The second kappa shape index (κ2) is 9.90. The van der Waals surface area contributed by atoms with Crippen molar-refractivity contribution in [2.24, 2.45) is 5.92 Å². The summed E-state index contributed by atoms with van der Waals surface area (Å²) in [5, 5.41) is 0.714. The van der Waals surface area contributed by atoms with Gasteiger partial charge in [0.05, 0.1) is 30.7 Å². The molecule has 0 N–H and O–H groups in total. The molecule has 0 radical (unpaired) electrons. The molecule has 7 nitrogen and oxygen atoms in total. The van der Waals surface area contributed by atoms with Gasteiger partial charge >= 0.3 is 0 Å². The second-order valence-electron chi connectivity index (χ2n) is 9.53. The molecule has 2 aromatic heterocycles. The number of methoxy groups -OCH3 is 1. The van der Waals surface area contributed by atoms with Crippen LogP contribution in [0.15, 0.2) is 63.9 Å². The van der Waals surface area contributed by atoms with Gasteiger partial charge in [0, 0.05) is 11.2 Å². The molecule has 0 spiro atoms. The lowest BCUT2D eigenvalue weighted by Gasteiger charge is -2.25. The third-order valence-electron chi connectivity index (χ3n) is 6.43. The van der Waals surface area contributed by atoms with E-state index in [1.165, 1.54) is 4.90 Å². The van der Waals surface area contributed by atoms with Crippen LogP contribution in [0.4, 0.5) is 5.82 Å². The summed E-state index contributed by atoms with van der Waals surface area (Å²) in [6.07, 6.45) is 2.58. The topological polar surface area (TPSA) is 81.9 Å². The molecule has 1 atom stereocenters. The summed E-state index contributed by atoms with van der Waals surface area (Å²) in [5.41, 5.74) is 1.82. The molecule has 2 aromatic carbocycles. The molecule has 0 fully saturated rings. The normalized spacial score (nSPS) is 14.9. The van der Waals surface area contributed by atoms with Crippen molar-refractivity contribution < 1.29 is 18.7 Å². The Hall–Kier alpha value is -3.84. The van der Waals surface area contributed by atoms with Gasteiger partial charge in [-0.2, -0.15) is 0 Å². The highest BCUT2D eigenvalue weighted by Crippen LogP contribution is 2.43. The van der Waals surface area contributed by atoms with Crippen molar-refractivity contribution in [3.63, 3.8) is 0 Å². The highest BCUT2D eigenvalue weighted by atomic mass is 35.5. The predicted octanol–water partition coefficient (Wildman–Crippen LogP) is 6.33. The molecule has 1 aliphatic rings. The molecule has 5 rings (SSSR count). The monoisotopic (exact) mass is 518 g/mol. The van der Waals surface area contributed by atoms with Gasteiger partial charge in [-0.05, 0) is 66.8 Å². The average molecular weight is 519 g/mol. The van der Waals surface area contributed by atoms with Crippen LogP contribution in [-0.2, 0) is 0 Å². The van der Waals surface area contributed by atoms with E-state index in [1.54, 1.807) is 49.7 Å². The van der Waals surface area contributed by atoms with Crippen LogP contribution >= 0.6 is 11.6 Å². The van der Waals surface area contributed by atoms with E-state index in [4.69, 9.17) is 25.5 Å². The quantitative estimate of drug-likeness (QED) is 0.284. The van der Waals surface area contributed by atoms with Crippen molar-refractivity contribution >= 4 is 34.3 Å². The van der Waals surface area contributed by atoms with E-state index < -0.39 is 11.9 Å². The Morgan fingerprint density at radius 2 is 1.89 bits per heavy atom. The van der Waals surface area contributed by atoms with Crippen LogP contribution in [0.2, 0.25) is 5.02 Å². The first-order valence-electron chi connectivity index (χ1n) is 12.1. The smallest absolute Gasteiger partial charge is 0.296 e. The van der Waals surface area contributed by atoms with Crippen LogP contribution in [0.5, 0.6) is 11.5 Å². The first-order chi connectivity index (χ1) is 17.8. The maximum Gasteiger partial charge on any atom is 0.296 e. The Morgan fingerprint density at radius 1 is 1.08 bits per heavy atom. The van der Waals surface area contributed by atoms with Crippen molar-refractivity contribution in [2.75, 3.05) is 18.6 Å². The maximum absolute atomic E-state index is 13.8. The number of aromatic nitrogens is 1. The molecule has 1 unspecified atom stereocenters. The number of carbonyl (C=O) groups is 1. The third-order valence-corrected chi connectivity index (χ3v) is 6.67. The summed E-state index contributed by atoms with van der Waals surface area (Å²) in [7, 11) is 1.56. The fourth-order valence-corrected chi connectivity index (χ4v) is 4.65. The van der Waals surface area contributed by atoms with E-state index >= 15 is 0 Å². The summed E-state index contributed by atoms with van der Waals surface area (Å²) >= 11 is 6.18.